The molecule has 0 aliphatic heterocycles. The predicted molar refractivity (Wildman–Crippen MR) is 105 cm³/mol. The number of amides is 1. The number of hydrogen-bond donors (Lipinski definition) is 1. The Balaban J connectivity index is 2.18. The first-order chi connectivity index (χ1) is 12.0. The van der Waals surface area contributed by atoms with Crippen LogP contribution in [-0.4, -0.2) is 5.91 Å². The second-order valence-electron chi connectivity index (χ2n) is 7.16. The average molecular weight is 329 g/mol. The molecule has 0 atom stereocenters. The summed E-state index contributed by atoms with van der Waals surface area (Å²) in [4.78, 5) is 12.7. The molecule has 0 unspecified atom stereocenters. The van der Waals surface area contributed by atoms with Crippen LogP contribution in [0.5, 0.6) is 0 Å². The second kappa shape index (κ2) is 6.94. The lowest BCUT2D eigenvalue weighted by molar-refractivity contribution is -0.123. The van der Waals surface area contributed by atoms with Crippen molar-refractivity contribution in [3.63, 3.8) is 0 Å². The fourth-order valence-corrected chi connectivity index (χ4v) is 2.70. The SMILES string of the molecule is CC(C)(C)C(=O)Nc1c(-c2ccccc2)cccc1-c1ccccc1. The Kier molecular flexibility index (Phi) is 4.71. The highest BCUT2D eigenvalue weighted by Crippen LogP contribution is 2.37. The van der Waals surface area contributed by atoms with Gasteiger partial charge in [-0.05, 0) is 11.1 Å². The van der Waals surface area contributed by atoms with Crippen LogP contribution >= 0.6 is 0 Å². The summed E-state index contributed by atoms with van der Waals surface area (Å²) < 4.78 is 0. The molecule has 0 bridgehead atoms. The number of rotatable bonds is 3. The number of nitrogens with one attached hydrogen (secondary N) is 1. The molecule has 1 N–H and O–H groups in total. The maximum atomic E-state index is 12.7. The van der Waals surface area contributed by atoms with Crippen LogP contribution in [0.15, 0.2) is 78.9 Å². The van der Waals surface area contributed by atoms with E-state index in [0.717, 1.165) is 27.9 Å². The van der Waals surface area contributed by atoms with Gasteiger partial charge in [-0.25, -0.2) is 0 Å². The molecule has 126 valence electrons. The zero-order chi connectivity index (χ0) is 17.9. The molecule has 2 heteroatoms. The number of carbonyl (C=O) groups excluding carboxylic acids is 1. The monoisotopic (exact) mass is 329 g/mol. The van der Waals surface area contributed by atoms with E-state index < -0.39 is 5.41 Å². The third-order valence-electron chi connectivity index (χ3n) is 4.15. The highest BCUT2D eigenvalue weighted by atomic mass is 16.2. The topological polar surface area (TPSA) is 29.1 Å². The Morgan fingerprint density at radius 3 is 1.52 bits per heavy atom. The highest BCUT2D eigenvalue weighted by Gasteiger charge is 2.23. The maximum Gasteiger partial charge on any atom is 0.229 e. The van der Waals surface area contributed by atoms with Crippen molar-refractivity contribution in [3.05, 3.63) is 78.9 Å². The van der Waals surface area contributed by atoms with Gasteiger partial charge in [-0.2, -0.15) is 0 Å². The van der Waals surface area contributed by atoms with Crippen LogP contribution in [-0.2, 0) is 4.79 Å². The van der Waals surface area contributed by atoms with Gasteiger partial charge in [0, 0.05) is 16.5 Å². The van der Waals surface area contributed by atoms with E-state index in [1.165, 1.54) is 0 Å². The molecule has 0 aliphatic rings. The minimum atomic E-state index is -0.461. The minimum absolute atomic E-state index is 0.00747. The summed E-state index contributed by atoms with van der Waals surface area (Å²) in [6.45, 7) is 5.78. The lowest BCUT2D eigenvalue weighted by Crippen LogP contribution is -2.28. The van der Waals surface area contributed by atoms with E-state index in [2.05, 4.69) is 41.7 Å². The minimum Gasteiger partial charge on any atom is -0.325 e. The van der Waals surface area contributed by atoms with Gasteiger partial charge in [0.05, 0.1) is 5.69 Å². The van der Waals surface area contributed by atoms with Gasteiger partial charge in [0.15, 0.2) is 0 Å². The van der Waals surface area contributed by atoms with E-state index in [4.69, 9.17) is 0 Å². The first kappa shape index (κ1) is 17.0. The van der Waals surface area contributed by atoms with Gasteiger partial charge < -0.3 is 5.32 Å². The van der Waals surface area contributed by atoms with Gasteiger partial charge in [0.1, 0.15) is 0 Å². The quantitative estimate of drug-likeness (QED) is 0.627. The number of para-hydroxylation sites is 1. The van der Waals surface area contributed by atoms with Gasteiger partial charge in [-0.15, -0.1) is 0 Å². The summed E-state index contributed by atoms with van der Waals surface area (Å²) in [5, 5.41) is 3.18. The number of benzene rings is 3. The normalized spacial score (nSPS) is 11.2. The largest absolute Gasteiger partial charge is 0.325 e. The van der Waals surface area contributed by atoms with Crippen LogP contribution < -0.4 is 5.32 Å². The summed E-state index contributed by atoms with van der Waals surface area (Å²) >= 11 is 0. The summed E-state index contributed by atoms with van der Waals surface area (Å²) in [5.41, 5.74) is 4.63. The molecule has 3 rings (SSSR count). The first-order valence-electron chi connectivity index (χ1n) is 8.52. The molecule has 0 fully saturated rings. The standard InChI is InChI=1S/C23H23NO/c1-23(2,3)22(25)24-21-19(17-11-6-4-7-12-17)15-10-16-20(21)18-13-8-5-9-14-18/h4-16H,1-3H3,(H,24,25). The number of anilines is 1. The van der Waals surface area contributed by atoms with E-state index >= 15 is 0 Å². The molecule has 0 heterocycles. The predicted octanol–water partition coefficient (Wildman–Crippen LogP) is 6.01. The van der Waals surface area contributed by atoms with Gasteiger partial charge in [-0.1, -0.05) is 99.6 Å². The third-order valence-corrected chi connectivity index (χ3v) is 4.15. The van der Waals surface area contributed by atoms with E-state index in [1.54, 1.807) is 0 Å². The van der Waals surface area contributed by atoms with E-state index in [-0.39, 0.29) is 5.91 Å². The van der Waals surface area contributed by atoms with Gasteiger partial charge in [0.2, 0.25) is 5.91 Å². The van der Waals surface area contributed by atoms with Crippen molar-refractivity contribution in [1.29, 1.82) is 0 Å². The molecule has 25 heavy (non-hydrogen) atoms. The van der Waals surface area contributed by atoms with Gasteiger partial charge >= 0.3 is 0 Å². The maximum absolute atomic E-state index is 12.7. The van der Waals surface area contributed by atoms with E-state index in [1.807, 2.05) is 63.2 Å². The third kappa shape index (κ3) is 3.80. The Bertz CT molecular complexity index is 804. The Hall–Kier alpha value is -2.87. The number of carbonyl (C=O) groups is 1. The highest BCUT2D eigenvalue weighted by molar-refractivity contribution is 6.03. The summed E-state index contributed by atoms with van der Waals surface area (Å²) in [7, 11) is 0. The molecule has 0 spiro atoms. The van der Waals surface area contributed by atoms with Crippen LogP contribution in [0, 0.1) is 5.41 Å². The van der Waals surface area contributed by atoms with Crippen molar-refractivity contribution >= 4 is 11.6 Å². The molecular weight excluding hydrogens is 306 g/mol. The van der Waals surface area contributed by atoms with Crippen LogP contribution in [0.4, 0.5) is 5.69 Å². The van der Waals surface area contributed by atoms with Crippen LogP contribution in [0.3, 0.4) is 0 Å². The molecule has 0 radical (unpaired) electrons. The molecule has 0 aromatic heterocycles. The lowest BCUT2D eigenvalue weighted by Gasteiger charge is -2.22. The zero-order valence-electron chi connectivity index (χ0n) is 14.9. The Morgan fingerprint density at radius 2 is 1.12 bits per heavy atom. The first-order valence-corrected chi connectivity index (χ1v) is 8.52. The fourth-order valence-electron chi connectivity index (χ4n) is 2.70. The lowest BCUT2D eigenvalue weighted by atomic mass is 9.92. The second-order valence-corrected chi connectivity index (χ2v) is 7.16. The van der Waals surface area contributed by atoms with Crippen molar-refractivity contribution in [3.8, 4) is 22.3 Å². The molecular formula is C23H23NO. The molecule has 0 saturated heterocycles. The molecule has 2 nitrogen and oxygen atoms in total. The molecule has 1 amide bonds. The fraction of sp³-hybridized carbons (Fsp3) is 0.174. The summed E-state index contributed by atoms with van der Waals surface area (Å²) in [5.74, 6) is 0.00747. The smallest absolute Gasteiger partial charge is 0.229 e. The van der Waals surface area contributed by atoms with Crippen molar-refractivity contribution < 1.29 is 4.79 Å². The molecule has 0 saturated carbocycles. The van der Waals surface area contributed by atoms with Crippen LogP contribution in [0.2, 0.25) is 0 Å². The van der Waals surface area contributed by atoms with Gasteiger partial charge in [-0.3, -0.25) is 4.79 Å². The molecule has 0 aliphatic carbocycles. The Labute approximate surface area is 149 Å². The summed E-state index contributed by atoms with van der Waals surface area (Å²) in [6.07, 6.45) is 0. The number of hydrogen-bond acceptors (Lipinski definition) is 1. The van der Waals surface area contributed by atoms with Crippen LogP contribution in [0.25, 0.3) is 22.3 Å². The molecule has 3 aromatic carbocycles. The van der Waals surface area contributed by atoms with Crippen molar-refractivity contribution in [2.24, 2.45) is 5.41 Å². The molecule has 3 aromatic rings. The van der Waals surface area contributed by atoms with Crippen LogP contribution in [0.1, 0.15) is 20.8 Å². The average Bonchev–Trinajstić information content (AvgIpc) is 2.62. The van der Waals surface area contributed by atoms with E-state index in [9.17, 15) is 4.79 Å². The van der Waals surface area contributed by atoms with Crippen molar-refractivity contribution in [2.45, 2.75) is 20.8 Å². The Morgan fingerprint density at radius 1 is 0.680 bits per heavy atom. The van der Waals surface area contributed by atoms with Crippen molar-refractivity contribution in [2.75, 3.05) is 5.32 Å². The van der Waals surface area contributed by atoms with Crippen molar-refractivity contribution in [1.82, 2.24) is 0 Å². The zero-order valence-corrected chi connectivity index (χ0v) is 14.9. The van der Waals surface area contributed by atoms with E-state index in [0.29, 0.717) is 0 Å². The summed E-state index contributed by atoms with van der Waals surface area (Å²) in [6, 6.07) is 26.5. The van der Waals surface area contributed by atoms with Gasteiger partial charge in [0.25, 0.3) is 0 Å².